The quantitative estimate of drug-likeness (QED) is 0.0261. The molecule has 0 amide bonds. The van der Waals surface area contributed by atoms with Crippen LogP contribution in [0, 0.1) is 0 Å². The number of ether oxygens (including phenoxy) is 3. The highest BCUT2D eigenvalue weighted by molar-refractivity contribution is 5.71. The highest BCUT2D eigenvalue weighted by Crippen LogP contribution is 2.18. The van der Waals surface area contributed by atoms with Gasteiger partial charge in [-0.05, 0) is 83.5 Å². The van der Waals surface area contributed by atoms with Crippen molar-refractivity contribution >= 4 is 17.9 Å². The van der Waals surface area contributed by atoms with Gasteiger partial charge in [0.2, 0.25) is 0 Å². The SMILES string of the molecule is CC/C=C\C/C=C\C/C=C\C/C=C\CCCCCCCCCCC(=O)OCC(COC(=O)CCCCCCCCCCCCCCCCCCCCCC)OC(=O)CCCCCCCCCCC/C=C\CCCCCCCCCC. The minimum Gasteiger partial charge on any atom is -0.462 e. The van der Waals surface area contributed by atoms with E-state index in [2.05, 4.69) is 81.5 Å². The van der Waals surface area contributed by atoms with Gasteiger partial charge in [0.05, 0.1) is 0 Å². The number of rotatable bonds is 65. The van der Waals surface area contributed by atoms with Crippen LogP contribution in [0.4, 0.5) is 0 Å². The number of esters is 3. The molecule has 6 heteroatoms. The summed E-state index contributed by atoms with van der Waals surface area (Å²) in [7, 11) is 0. The topological polar surface area (TPSA) is 78.9 Å². The Bertz CT molecular complexity index is 1430. The maximum absolute atomic E-state index is 13.0. The molecule has 466 valence electrons. The molecular formula is C74H134O6. The molecule has 0 aliphatic heterocycles. The predicted octanol–water partition coefficient (Wildman–Crippen LogP) is 24.3. The van der Waals surface area contributed by atoms with Gasteiger partial charge in [-0.2, -0.15) is 0 Å². The molecular weight excluding hydrogens is 985 g/mol. The van der Waals surface area contributed by atoms with Gasteiger partial charge in [-0.25, -0.2) is 0 Å². The summed E-state index contributed by atoms with van der Waals surface area (Å²) in [5.41, 5.74) is 0. The Kier molecular flexibility index (Phi) is 66.1. The smallest absolute Gasteiger partial charge is 0.306 e. The third-order valence-corrected chi connectivity index (χ3v) is 15.8. The van der Waals surface area contributed by atoms with E-state index in [9.17, 15) is 14.4 Å². The van der Waals surface area contributed by atoms with Crippen LogP contribution in [0.1, 0.15) is 374 Å². The van der Waals surface area contributed by atoms with Crippen LogP contribution in [0.5, 0.6) is 0 Å². The molecule has 0 aliphatic carbocycles. The second-order valence-corrected chi connectivity index (χ2v) is 23.8. The molecule has 1 atom stereocenters. The van der Waals surface area contributed by atoms with Crippen LogP contribution in [0.2, 0.25) is 0 Å². The van der Waals surface area contributed by atoms with Gasteiger partial charge in [-0.15, -0.1) is 0 Å². The number of hydrogen-bond acceptors (Lipinski definition) is 6. The molecule has 6 nitrogen and oxygen atoms in total. The van der Waals surface area contributed by atoms with E-state index in [4.69, 9.17) is 14.2 Å². The summed E-state index contributed by atoms with van der Waals surface area (Å²) >= 11 is 0. The summed E-state index contributed by atoms with van der Waals surface area (Å²) < 4.78 is 17.0. The standard InChI is InChI=1S/C74H134O6/c1-4-7-10-13-16-19-22-25-28-31-34-37-40-43-46-49-52-55-58-61-64-67-73(76)79-70-71(69-78-72(75)66-63-60-57-54-51-48-45-42-39-36-33-30-27-24-21-18-15-12-9-6-3)80-74(77)68-65-62-59-56-53-50-47-44-41-38-35-32-29-26-23-20-17-14-11-8-5-2/h7,10,16,19,25,28,32,34-35,37,71H,4-6,8-9,11-15,17-18,20-24,26-27,29-31,33,36,38-70H2,1-3H3/b10-7-,19-16-,28-25-,35-32-,37-34-. The third-order valence-electron chi connectivity index (χ3n) is 15.8. The van der Waals surface area contributed by atoms with Crippen molar-refractivity contribution in [3.63, 3.8) is 0 Å². The Hall–Kier alpha value is -2.89. The molecule has 0 fully saturated rings. The molecule has 0 N–H and O–H groups in total. The minimum absolute atomic E-state index is 0.0733. The lowest BCUT2D eigenvalue weighted by molar-refractivity contribution is -0.167. The molecule has 0 spiro atoms. The van der Waals surface area contributed by atoms with Crippen LogP contribution in [0.3, 0.4) is 0 Å². The number of carbonyl (C=O) groups is 3. The Labute approximate surface area is 498 Å². The zero-order valence-electron chi connectivity index (χ0n) is 53.6. The normalized spacial score (nSPS) is 12.4. The van der Waals surface area contributed by atoms with E-state index in [0.717, 1.165) is 89.9 Å². The zero-order valence-corrected chi connectivity index (χ0v) is 53.6. The van der Waals surface area contributed by atoms with E-state index in [0.29, 0.717) is 19.3 Å². The summed E-state index contributed by atoms with van der Waals surface area (Å²) in [5.74, 6) is -0.858. The Balaban J connectivity index is 4.35. The fourth-order valence-corrected chi connectivity index (χ4v) is 10.5. The van der Waals surface area contributed by atoms with Crippen molar-refractivity contribution in [2.75, 3.05) is 13.2 Å². The van der Waals surface area contributed by atoms with Crippen molar-refractivity contribution in [3.8, 4) is 0 Å². The monoisotopic (exact) mass is 1120 g/mol. The average molecular weight is 1120 g/mol. The summed E-state index contributed by atoms with van der Waals surface area (Å²) in [6.07, 6.45) is 88.1. The number of hydrogen-bond donors (Lipinski definition) is 0. The molecule has 0 aromatic rings. The maximum Gasteiger partial charge on any atom is 0.306 e. The molecule has 0 aliphatic rings. The fourth-order valence-electron chi connectivity index (χ4n) is 10.5. The molecule has 0 saturated heterocycles. The molecule has 0 saturated carbocycles. The average Bonchev–Trinajstić information content (AvgIpc) is 3.46. The second kappa shape index (κ2) is 68.6. The van der Waals surface area contributed by atoms with Gasteiger partial charge in [0.25, 0.3) is 0 Å². The second-order valence-electron chi connectivity index (χ2n) is 23.8. The lowest BCUT2D eigenvalue weighted by Crippen LogP contribution is -2.30. The highest BCUT2D eigenvalue weighted by atomic mass is 16.6. The van der Waals surface area contributed by atoms with E-state index in [1.807, 2.05) is 0 Å². The first-order valence-corrected chi connectivity index (χ1v) is 35.3. The summed E-state index contributed by atoms with van der Waals surface area (Å²) in [5, 5.41) is 0. The fraction of sp³-hybridized carbons (Fsp3) is 0.824. The molecule has 0 rings (SSSR count). The van der Waals surface area contributed by atoms with Crippen LogP contribution < -0.4 is 0 Å². The Morgan fingerprint density at radius 1 is 0.263 bits per heavy atom. The molecule has 80 heavy (non-hydrogen) atoms. The molecule has 0 bridgehead atoms. The van der Waals surface area contributed by atoms with Gasteiger partial charge >= 0.3 is 17.9 Å². The first-order valence-electron chi connectivity index (χ1n) is 35.3. The van der Waals surface area contributed by atoms with E-state index in [1.165, 1.54) is 244 Å². The van der Waals surface area contributed by atoms with Crippen LogP contribution in [-0.4, -0.2) is 37.2 Å². The number of unbranched alkanes of at least 4 members (excludes halogenated alkanes) is 44. The number of allylic oxidation sites excluding steroid dienone is 10. The van der Waals surface area contributed by atoms with Crippen LogP contribution in [0.15, 0.2) is 60.8 Å². The van der Waals surface area contributed by atoms with E-state index in [-0.39, 0.29) is 31.1 Å². The largest absolute Gasteiger partial charge is 0.462 e. The molecule has 0 aromatic carbocycles. The third kappa shape index (κ3) is 65.9. The lowest BCUT2D eigenvalue weighted by atomic mass is 10.0. The zero-order chi connectivity index (χ0) is 57.8. The first-order chi connectivity index (χ1) is 39.5. The summed E-state index contributed by atoms with van der Waals surface area (Å²) in [4.78, 5) is 38.5. The lowest BCUT2D eigenvalue weighted by Gasteiger charge is -2.18. The molecule has 0 aromatic heterocycles. The Morgan fingerprint density at radius 2 is 0.487 bits per heavy atom. The van der Waals surface area contributed by atoms with Gasteiger partial charge in [0, 0.05) is 19.3 Å². The van der Waals surface area contributed by atoms with Crippen molar-refractivity contribution < 1.29 is 28.6 Å². The van der Waals surface area contributed by atoms with Crippen LogP contribution in [0.25, 0.3) is 0 Å². The molecule has 1 unspecified atom stereocenters. The van der Waals surface area contributed by atoms with Gasteiger partial charge in [0.15, 0.2) is 6.10 Å². The van der Waals surface area contributed by atoms with Crippen LogP contribution >= 0.6 is 0 Å². The van der Waals surface area contributed by atoms with Gasteiger partial charge < -0.3 is 14.2 Å². The van der Waals surface area contributed by atoms with Crippen molar-refractivity contribution in [2.45, 2.75) is 380 Å². The predicted molar refractivity (Wildman–Crippen MR) is 348 cm³/mol. The highest BCUT2D eigenvalue weighted by Gasteiger charge is 2.19. The van der Waals surface area contributed by atoms with E-state index in [1.54, 1.807) is 0 Å². The van der Waals surface area contributed by atoms with E-state index < -0.39 is 6.10 Å². The van der Waals surface area contributed by atoms with Crippen LogP contribution in [-0.2, 0) is 28.6 Å². The van der Waals surface area contributed by atoms with E-state index >= 15 is 0 Å². The van der Waals surface area contributed by atoms with Crippen molar-refractivity contribution in [1.82, 2.24) is 0 Å². The number of carbonyl (C=O) groups excluding carboxylic acids is 3. The first kappa shape index (κ1) is 77.1. The van der Waals surface area contributed by atoms with Gasteiger partial charge in [-0.3, -0.25) is 14.4 Å². The minimum atomic E-state index is -0.779. The Morgan fingerprint density at radius 3 is 0.775 bits per heavy atom. The summed E-state index contributed by atoms with van der Waals surface area (Å²) in [6, 6.07) is 0. The molecule has 0 heterocycles. The maximum atomic E-state index is 13.0. The van der Waals surface area contributed by atoms with Crippen molar-refractivity contribution in [1.29, 1.82) is 0 Å². The van der Waals surface area contributed by atoms with Crippen molar-refractivity contribution in [3.05, 3.63) is 60.8 Å². The summed E-state index contributed by atoms with van der Waals surface area (Å²) in [6.45, 7) is 6.59. The van der Waals surface area contributed by atoms with Gasteiger partial charge in [-0.1, -0.05) is 332 Å². The molecule has 0 radical (unpaired) electrons. The van der Waals surface area contributed by atoms with Crippen molar-refractivity contribution in [2.24, 2.45) is 0 Å². The van der Waals surface area contributed by atoms with Gasteiger partial charge in [0.1, 0.15) is 13.2 Å².